The van der Waals surface area contributed by atoms with Crippen molar-refractivity contribution in [1.82, 2.24) is 0 Å². The van der Waals surface area contributed by atoms with Gasteiger partial charge in [0.15, 0.2) is 0 Å². The maximum Gasteiger partial charge on any atom is 0.0936 e. The molecule has 4 heteroatoms. The Labute approximate surface area is 101 Å². The van der Waals surface area contributed by atoms with Crippen LogP contribution in [0.25, 0.3) is 0 Å². The van der Waals surface area contributed by atoms with E-state index in [0.29, 0.717) is 6.10 Å². The van der Waals surface area contributed by atoms with Crippen molar-refractivity contribution < 1.29 is 4.74 Å². The maximum absolute atomic E-state index is 6.04. The molecule has 1 nitrogen and oxygen atoms in total. The lowest BCUT2D eigenvalue weighted by atomic mass is 10.2. The van der Waals surface area contributed by atoms with Crippen LogP contribution in [0.2, 0.25) is 5.02 Å². The predicted molar refractivity (Wildman–Crippen MR) is 65.1 cm³/mol. The van der Waals surface area contributed by atoms with Crippen LogP contribution < -0.4 is 0 Å². The van der Waals surface area contributed by atoms with Crippen molar-refractivity contribution >= 4 is 45.5 Å². The monoisotopic (exact) mass is 328 g/mol. The van der Waals surface area contributed by atoms with Crippen LogP contribution in [-0.2, 0) is 4.74 Å². The Bertz CT molecular complexity index is 289. The first-order valence-electron chi connectivity index (χ1n) is 4.25. The average Bonchev–Trinajstić information content (AvgIpc) is 2.71. The Kier molecular flexibility index (Phi) is 3.51. The third kappa shape index (κ3) is 2.19. The summed E-state index contributed by atoms with van der Waals surface area (Å²) in [6, 6.07) is 1.95. The maximum atomic E-state index is 6.04. The topological polar surface area (TPSA) is 9.23 Å². The van der Waals surface area contributed by atoms with E-state index in [1.807, 2.05) is 11.4 Å². The van der Waals surface area contributed by atoms with Gasteiger partial charge in [0.05, 0.1) is 22.1 Å². The summed E-state index contributed by atoms with van der Waals surface area (Å²) in [6.45, 7) is 0. The molecule has 0 bridgehead atoms. The Hall–Kier alpha value is 0.680. The molecule has 0 aliphatic carbocycles. The molecule has 1 aliphatic heterocycles. The van der Waals surface area contributed by atoms with E-state index in [2.05, 4.69) is 22.6 Å². The third-order valence-electron chi connectivity index (χ3n) is 2.22. The summed E-state index contributed by atoms with van der Waals surface area (Å²) < 4.78 is 6.93. The van der Waals surface area contributed by atoms with Crippen molar-refractivity contribution in [3.63, 3.8) is 0 Å². The van der Waals surface area contributed by atoms with Crippen LogP contribution in [0, 0.1) is 0 Å². The quantitative estimate of drug-likeness (QED) is 0.588. The lowest BCUT2D eigenvalue weighted by molar-refractivity contribution is 0.0619. The average molecular weight is 329 g/mol. The Balaban J connectivity index is 2.08. The van der Waals surface area contributed by atoms with E-state index >= 15 is 0 Å². The fraction of sp³-hybridized carbons (Fsp3) is 0.556. The van der Waals surface area contributed by atoms with Crippen LogP contribution in [0.3, 0.4) is 0 Å². The number of alkyl halides is 1. The molecule has 13 heavy (non-hydrogen) atoms. The van der Waals surface area contributed by atoms with E-state index in [4.69, 9.17) is 16.3 Å². The lowest BCUT2D eigenvalue weighted by Crippen LogP contribution is -2.06. The first kappa shape index (κ1) is 10.2. The van der Waals surface area contributed by atoms with E-state index in [9.17, 15) is 0 Å². The zero-order valence-electron chi connectivity index (χ0n) is 7.00. The SMILES string of the molecule is Clc1ccsc1C1CCC(CI)O1. The van der Waals surface area contributed by atoms with Gasteiger partial charge in [-0.25, -0.2) is 0 Å². The van der Waals surface area contributed by atoms with Crippen molar-refractivity contribution in [3.05, 3.63) is 21.3 Å². The smallest absolute Gasteiger partial charge is 0.0936 e. The highest BCUT2D eigenvalue weighted by Gasteiger charge is 2.27. The van der Waals surface area contributed by atoms with Crippen LogP contribution in [0.5, 0.6) is 0 Å². The summed E-state index contributed by atoms with van der Waals surface area (Å²) in [5, 5.41) is 2.89. The molecule has 0 N–H and O–H groups in total. The molecule has 2 unspecified atom stereocenters. The summed E-state index contributed by atoms with van der Waals surface area (Å²) >= 11 is 10.1. The van der Waals surface area contributed by atoms with Crippen LogP contribution in [-0.4, -0.2) is 10.5 Å². The Morgan fingerprint density at radius 2 is 2.46 bits per heavy atom. The van der Waals surface area contributed by atoms with Crippen molar-refractivity contribution in [3.8, 4) is 0 Å². The van der Waals surface area contributed by atoms with Gasteiger partial charge in [0.2, 0.25) is 0 Å². The zero-order chi connectivity index (χ0) is 9.26. The largest absolute Gasteiger partial charge is 0.369 e. The predicted octanol–water partition coefficient (Wildman–Crippen LogP) is 4.06. The Morgan fingerprint density at radius 1 is 1.62 bits per heavy atom. The normalized spacial score (nSPS) is 28.2. The molecule has 1 aromatic heterocycles. The lowest BCUT2D eigenvalue weighted by Gasteiger charge is -2.10. The van der Waals surface area contributed by atoms with Gasteiger partial charge in [-0.1, -0.05) is 34.2 Å². The van der Waals surface area contributed by atoms with Gasteiger partial charge in [-0.05, 0) is 24.3 Å². The number of rotatable bonds is 2. The molecule has 0 radical (unpaired) electrons. The number of hydrogen-bond acceptors (Lipinski definition) is 2. The molecule has 2 atom stereocenters. The van der Waals surface area contributed by atoms with Crippen molar-refractivity contribution in [2.24, 2.45) is 0 Å². The molecule has 0 amide bonds. The molecule has 0 saturated carbocycles. The molecule has 2 heterocycles. The van der Waals surface area contributed by atoms with E-state index < -0.39 is 0 Å². The summed E-state index contributed by atoms with van der Waals surface area (Å²) in [5.41, 5.74) is 0. The summed E-state index contributed by atoms with van der Waals surface area (Å²) in [4.78, 5) is 1.20. The highest BCUT2D eigenvalue weighted by Crippen LogP contribution is 2.39. The van der Waals surface area contributed by atoms with E-state index in [-0.39, 0.29) is 6.10 Å². The second-order valence-corrected chi connectivity index (χ2v) is 5.35. The third-order valence-corrected chi connectivity index (χ3v) is 4.65. The standard InChI is InChI=1S/C9H10ClIOS/c10-7-3-4-13-9(7)8-2-1-6(5-11)12-8/h3-4,6,8H,1-2,5H2. The highest BCUT2D eigenvalue weighted by atomic mass is 127. The highest BCUT2D eigenvalue weighted by molar-refractivity contribution is 14.1. The van der Waals surface area contributed by atoms with Gasteiger partial charge in [-0.2, -0.15) is 0 Å². The number of hydrogen-bond donors (Lipinski definition) is 0. The van der Waals surface area contributed by atoms with Crippen molar-refractivity contribution in [2.75, 3.05) is 4.43 Å². The van der Waals surface area contributed by atoms with Gasteiger partial charge in [-0.15, -0.1) is 11.3 Å². The van der Waals surface area contributed by atoms with E-state index in [0.717, 1.165) is 15.9 Å². The number of ether oxygens (including phenoxy) is 1. The van der Waals surface area contributed by atoms with Crippen LogP contribution in [0.4, 0.5) is 0 Å². The molecule has 0 aromatic carbocycles. The van der Waals surface area contributed by atoms with Gasteiger partial charge >= 0.3 is 0 Å². The molecular weight excluding hydrogens is 319 g/mol. The molecule has 1 aromatic rings. The minimum absolute atomic E-state index is 0.257. The summed E-state index contributed by atoms with van der Waals surface area (Å²) in [7, 11) is 0. The van der Waals surface area contributed by atoms with Gasteiger partial charge in [0.1, 0.15) is 0 Å². The zero-order valence-corrected chi connectivity index (χ0v) is 10.7. The minimum Gasteiger partial charge on any atom is -0.369 e. The van der Waals surface area contributed by atoms with Gasteiger partial charge < -0.3 is 4.74 Å². The summed E-state index contributed by atoms with van der Waals surface area (Å²) in [6.07, 6.45) is 2.98. The number of halogens is 2. The minimum atomic E-state index is 0.257. The van der Waals surface area contributed by atoms with E-state index in [1.165, 1.54) is 11.3 Å². The molecule has 0 spiro atoms. The summed E-state index contributed by atoms with van der Waals surface area (Å²) in [5.74, 6) is 0. The first-order chi connectivity index (χ1) is 6.31. The second-order valence-electron chi connectivity index (χ2n) is 3.11. The van der Waals surface area contributed by atoms with Gasteiger partial charge in [0.25, 0.3) is 0 Å². The fourth-order valence-corrected chi connectivity index (χ4v) is 3.44. The molecular formula is C9H10ClIOS. The second kappa shape index (κ2) is 4.47. The van der Waals surface area contributed by atoms with Crippen LogP contribution >= 0.6 is 45.5 Å². The molecule has 2 rings (SSSR count). The van der Waals surface area contributed by atoms with Crippen LogP contribution in [0.15, 0.2) is 11.4 Å². The molecule has 72 valence electrons. The van der Waals surface area contributed by atoms with Crippen LogP contribution in [0.1, 0.15) is 23.8 Å². The van der Waals surface area contributed by atoms with Crippen molar-refractivity contribution in [1.29, 1.82) is 0 Å². The molecule has 1 saturated heterocycles. The first-order valence-corrected chi connectivity index (χ1v) is 7.04. The van der Waals surface area contributed by atoms with E-state index in [1.54, 1.807) is 11.3 Å². The van der Waals surface area contributed by atoms with Gasteiger partial charge in [-0.3, -0.25) is 0 Å². The van der Waals surface area contributed by atoms with Gasteiger partial charge in [0, 0.05) is 4.43 Å². The fourth-order valence-electron chi connectivity index (χ4n) is 1.55. The molecule has 1 aliphatic rings. The number of thiophene rings is 1. The van der Waals surface area contributed by atoms with Crippen molar-refractivity contribution in [2.45, 2.75) is 25.0 Å². The Morgan fingerprint density at radius 3 is 3.00 bits per heavy atom. The molecule has 1 fully saturated rings.